The highest BCUT2D eigenvalue weighted by atomic mass is 28.3. The second-order valence-corrected chi connectivity index (χ2v) is 12.1. The summed E-state index contributed by atoms with van der Waals surface area (Å²) in [6.07, 6.45) is 1.01. The zero-order valence-electron chi connectivity index (χ0n) is 17.8. The van der Waals surface area contributed by atoms with Gasteiger partial charge in [0.2, 0.25) is 0 Å². The minimum absolute atomic E-state index is 0.368. The predicted molar refractivity (Wildman–Crippen MR) is 132 cm³/mol. The number of rotatable bonds is 7. The molecule has 1 atom stereocenters. The summed E-state index contributed by atoms with van der Waals surface area (Å²) in [7, 11) is 2.11. The van der Waals surface area contributed by atoms with Gasteiger partial charge in [-0.15, -0.1) is 0 Å². The third kappa shape index (κ3) is 3.89. The first-order valence-electron chi connectivity index (χ1n) is 10.6. The number of likely N-dealkylation sites (N-methyl/N-ethyl adjacent to an activating group) is 1. The van der Waals surface area contributed by atoms with Crippen LogP contribution < -0.4 is 15.6 Å². The van der Waals surface area contributed by atoms with Gasteiger partial charge >= 0.3 is 0 Å². The van der Waals surface area contributed by atoms with Gasteiger partial charge in [0.05, 0.1) is 0 Å². The maximum absolute atomic E-state index is 2.45. The highest BCUT2D eigenvalue weighted by molar-refractivity contribution is 7.12. The van der Waals surface area contributed by atoms with Crippen LogP contribution in [-0.4, -0.2) is 32.7 Å². The van der Waals surface area contributed by atoms with Crippen LogP contribution in [0.3, 0.4) is 0 Å². The average Bonchev–Trinajstić information content (AvgIpc) is 2.82. The Kier molecular flexibility index (Phi) is 6.27. The van der Waals surface area contributed by atoms with Crippen molar-refractivity contribution in [2.45, 2.75) is 12.1 Å². The highest BCUT2D eigenvalue weighted by Gasteiger charge is 2.47. The summed E-state index contributed by atoms with van der Waals surface area (Å²) in [5, 5.41) is 4.37. The monoisotopic (exact) mass is 407 g/mol. The van der Waals surface area contributed by atoms with E-state index in [0.29, 0.717) is 5.67 Å². The molecule has 0 saturated carbocycles. The molecule has 4 aromatic carbocycles. The Morgan fingerprint density at radius 3 is 1.20 bits per heavy atom. The molecule has 4 aromatic rings. The van der Waals surface area contributed by atoms with E-state index in [-0.39, 0.29) is 0 Å². The molecule has 0 aromatic heterocycles. The van der Waals surface area contributed by atoms with E-state index in [2.05, 4.69) is 140 Å². The molecule has 0 N–H and O–H groups in total. The summed E-state index contributed by atoms with van der Waals surface area (Å²) < 4.78 is 0. The van der Waals surface area contributed by atoms with E-state index in [0.717, 1.165) is 6.42 Å². The Bertz CT molecular complexity index is 934. The van der Waals surface area contributed by atoms with Crippen molar-refractivity contribution in [2.24, 2.45) is 0 Å². The molecule has 0 fully saturated rings. The summed E-state index contributed by atoms with van der Waals surface area (Å²) >= 11 is 0. The Morgan fingerprint density at radius 2 is 0.867 bits per heavy atom. The summed E-state index contributed by atoms with van der Waals surface area (Å²) in [4.78, 5) is 2.45. The summed E-state index contributed by atoms with van der Waals surface area (Å²) in [5.74, 6) is 0. The number of hydrogen-bond donors (Lipinski definition) is 0. The largest absolute Gasteiger partial charge is 0.308 e. The van der Waals surface area contributed by atoms with Crippen LogP contribution in [0.5, 0.6) is 0 Å². The Morgan fingerprint density at radius 1 is 0.533 bits per heavy atom. The van der Waals surface area contributed by atoms with Gasteiger partial charge in [-0.25, -0.2) is 0 Å². The van der Waals surface area contributed by atoms with Crippen molar-refractivity contribution in [1.82, 2.24) is 4.90 Å². The zero-order chi connectivity index (χ0) is 20.8. The molecule has 0 saturated heterocycles. The smallest absolute Gasteiger partial charge is 0.165 e. The standard InChI is InChI=1S/C28H29NSi/c1-29(2)28(23-24-15-7-3-8-16-24)30(25-17-9-4-10-18-25,26-19-11-5-12-20-26)27-21-13-6-14-22-27/h3-22,28H,23H2,1-2H3. The minimum atomic E-state index is -2.37. The molecule has 0 bridgehead atoms. The molecule has 0 amide bonds. The lowest BCUT2D eigenvalue weighted by molar-refractivity contribution is 0.365. The van der Waals surface area contributed by atoms with Crippen molar-refractivity contribution >= 4 is 23.6 Å². The van der Waals surface area contributed by atoms with E-state index >= 15 is 0 Å². The fourth-order valence-corrected chi connectivity index (χ4v) is 10.4. The second kappa shape index (κ2) is 9.25. The first kappa shape index (κ1) is 20.3. The maximum atomic E-state index is 2.45. The number of hydrogen-bond acceptors (Lipinski definition) is 1. The Balaban J connectivity index is 2.02. The molecule has 150 valence electrons. The van der Waals surface area contributed by atoms with Gasteiger partial charge in [0.15, 0.2) is 8.07 Å². The van der Waals surface area contributed by atoms with Crippen LogP contribution in [0.1, 0.15) is 5.56 Å². The molecule has 0 aliphatic heterocycles. The molecule has 0 heterocycles. The fourth-order valence-electron chi connectivity index (χ4n) is 4.74. The third-order valence-corrected chi connectivity index (χ3v) is 11.5. The fraction of sp³-hybridized carbons (Fsp3) is 0.143. The summed E-state index contributed by atoms with van der Waals surface area (Å²) in [6.45, 7) is 0. The van der Waals surface area contributed by atoms with Gasteiger partial charge in [0.25, 0.3) is 0 Å². The van der Waals surface area contributed by atoms with Crippen LogP contribution in [0.4, 0.5) is 0 Å². The molecule has 1 unspecified atom stereocenters. The van der Waals surface area contributed by atoms with Crippen LogP contribution >= 0.6 is 0 Å². The first-order chi connectivity index (χ1) is 14.7. The van der Waals surface area contributed by atoms with Crippen molar-refractivity contribution in [1.29, 1.82) is 0 Å². The molecule has 4 rings (SSSR count). The van der Waals surface area contributed by atoms with Crippen molar-refractivity contribution < 1.29 is 0 Å². The van der Waals surface area contributed by atoms with Crippen LogP contribution in [0.15, 0.2) is 121 Å². The first-order valence-corrected chi connectivity index (χ1v) is 12.7. The molecule has 0 radical (unpaired) electrons. The SMILES string of the molecule is CN(C)C(Cc1ccccc1)[Si](c1ccccc1)(c1ccccc1)c1ccccc1. The molecular formula is C28H29NSi. The molecule has 0 aliphatic rings. The topological polar surface area (TPSA) is 3.24 Å². The van der Waals surface area contributed by atoms with Crippen LogP contribution in [-0.2, 0) is 6.42 Å². The van der Waals surface area contributed by atoms with Crippen LogP contribution in [0.2, 0.25) is 0 Å². The second-order valence-electron chi connectivity index (χ2n) is 8.08. The van der Waals surface area contributed by atoms with Crippen molar-refractivity contribution in [3.63, 3.8) is 0 Å². The van der Waals surface area contributed by atoms with E-state index in [1.54, 1.807) is 0 Å². The Labute approximate surface area is 181 Å². The van der Waals surface area contributed by atoms with Gasteiger partial charge in [-0.1, -0.05) is 121 Å². The maximum Gasteiger partial charge on any atom is 0.165 e. The van der Waals surface area contributed by atoms with E-state index in [9.17, 15) is 0 Å². The van der Waals surface area contributed by atoms with Gasteiger partial charge in [-0.2, -0.15) is 0 Å². The normalized spacial score (nSPS) is 12.6. The van der Waals surface area contributed by atoms with Gasteiger partial charge in [0, 0.05) is 5.67 Å². The van der Waals surface area contributed by atoms with Gasteiger partial charge in [-0.3, -0.25) is 0 Å². The lowest BCUT2D eigenvalue weighted by Gasteiger charge is -2.44. The molecular weight excluding hydrogens is 378 g/mol. The summed E-state index contributed by atoms with van der Waals surface area (Å²) in [6, 6.07) is 44.5. The lowest BCUT2D eigenvalue weighted by atomic mass is 10.1. The molecule has 1 nitrogen and oxygen atoms in total. The highest BCUT2D eigenvalue weighted by Crippen LogP contribution is 2.20. The molecule has 30 heavy (non-hydrogen) atoms. The van der Waals surface area contributed by atoms with Crippen molar-refractivity contribution in [2.75, 3.05) is 14.1 Å². The van der Waals surface area contributed by atoms with E-state index in [4.69, 9.17) is 0 Å². The van der Waals surface area contributed by atoms with E-state index < -0.39 is 8.07 Å². The zero-order valence-corrected chi connectivity index (χ0v) is 18.8. The van der Waals surface area contributed by atoms with Crippen molar-refractivity contribution in [3.8, 4) is 0 Å². The van der Waals surface area contributed by atoms with Crippen LogP contribution in [0.25, 0.3) is 0 Å². The number of benzene rings is 4. The van der Waals surface area contributed by atoms with Crippen molar-refractivity contribution in [3.05, 3.63) is 127 Å². The molecule has 2 heteroatoms. The Hall–Kier alpha value is -2.94. The minimum Gasteiger partial charge on any atom is -0.308 e. The predicted octanol–water partition coefficient (Wildman–Crippen LogP) is 3.87. The van der Waals surface area contributed by atoms with E-state index in [1.807, 2.05) is 0 Å². The quantitative estimate of drug-likeness (QED) is 0.332. The van der Waals surface area contributed by atoms with Gasteiger partial charge in [-0.05, 0) is 41.6 Å². The number of nitrogens with zero attached hydrogens (tertiary/aromatic N) is 1. The van der Waals surface area contributed by atoms with E-state index in [1.165, 1.54) is 21.1 Å². The molecule has 0 aliphatic carbocycles. The lowest BCUT2D eigenvalue weighted by Crippen LogP contribution is -2.77. The van der Waals surface area contributed by atoms with Gasteiger partial charge in [0.1, 0.15) is 0 Å². The molecule has 0 spiro atoms. The average molecular weight is 408 g/mol. The third-order valence-electron chi connectivity index (χ3n) is 6.08. The van der Waals surface area contributed by atoms with Gasteiger partial charge < -0.3 is 4.90 Å². The summed E-state index contributed by atoms with van der Waals surface area (Å²) in [5.41, 5.74) is 1.75. The van der Waals surface area contributed by atoms with Crippen LogP contribution in [0, 0.1) is 0 Å².